The fourth-order valence-corrected chi connectivity index (χ4v) is 8.34. The summed E-state index contributed by atoms with van der Waals surface area (Å²) < 4.78 is 22.5. The number of benzene rings is 3. The summed E-state index contributed by atoms with van der Waals surface area (Å²) in [4.78, 5) is 62.4. The van der Waals surface area contributed by atoms with Crippen LogP contribution < -0.4 is 21.6 Å². The van der Waals surface area contributed by atoms with Crippen molar-refractivity contribution in [1.82, 2.24) is 40.3 Å². The lowest BCUT2D eigenvalue weighted by atomic mass is 9.95. The number of esters is 1. The molecule has 2 atom stereocenters. The number of piperidine rings is 1. The molecule has 19 heteroatoms. The topological polar surface area (TPSA) is 220 Å². The van der Waals surface area contributed by atoms with Crippen LogP contribution in [0.3, 0.4) is 0 Å². The number of H-pyrrole nitrogens is 2. The maximum Gasteiger partial charge on any atom is 0.348 e. The molecule has 0 spiro atoms. The van der Waals surface area contributed by atoms with Crippen LogP contribution in [0.4, 0.5) is 10.2 Å². The molecule has 7 rings (SSSR count). The second kappa shape index (κ2) is 20.9. The number of carbonyl (C=O) groups is 3. The van der Waals surface area contributed by atoms with Gasteiger partial charge in [-0.1, -0.05) is 55.2 Å². The molecule has 1 aliphatic heterocycles. The van der Waals surface area contributed by atoms with E-state index in [1.165, 1.54) is 19.1 Å². The molecule has 3 aromatic heterocycles. The van der Waals surface area contributed by atoms with Crippen LogP contribution in [0.25, 0.3) is 28.2 Å². The van der Waals surface area contributed by atoms with E-state index in [1.807, 2.05) is 32.6 Å². The molecule has 7 N–H and O–H groups in total. The smallest absolute Gasteiger partial charge is 0.348 e. The molecule has 1 saturated heterocycles. The summed E-state index contributed by atoms with van der Waals surface area (Å²) in [5, 5.41) is 37.2. The Balaban J connectivity index is 0.925. The number of aromatic nitrogens is 5. The van der Waals surface area contributed by atoms with Crippen LogP contribution >= 0.6 is 23.2 Å². The minimum atomic E-state index is -1.00. The van der Waals surface area contributed by atoms with Crippen LogP contribution in [0, 0.1) is 11.7 Å². The first kappa shape index (κ1) is 48.2. The number of halogens is 3. The van der Waals surface area contributed by atoms with Gasteiger partial charge >= 0.3 is 11.7 Å². The van der Waals surface area contributed by atoms with E-state index < -0.39 is 41.4 Å². The van der Waals surface area contributed by atoms with Crippen molar-refractivity contribution in [2.45, 2.75) is 78.0 Å². The predicted octanol–water partition coefficient (Wildman–Crippen LogP) is 7.85. The molecule has 0 bridgehead atoms. The standard InChI is InChI=1S/C48H52Cl2FN9O7/c1-25(2)34-18-36(42(62)20-41(34)61)44-57-58-48(66)60(44)33-10-9-30(38(51)17-33)23-59-13-11-28(12-14-59)45(63)55-27(5)47(65)67-24-40(29-7-6-8-32(49)15-29)56-46(64)39-16-31(21-52-39)35-19-43(54-26(3)4)53-22-37(35)50/h6-10,15-22,25-28,40,52,61-62H,11-14,23-24H2,1-5H3,(H,53,54)(H,55,63)(H,56,64)(H,58,66)/t27?,40-/m1/s1. The highest BCUT2D eigenvalue weighted by molar-refractivity contribution is 6.33. The summed E-state index contributed by atoms with van der Waals surface area (Å²) in [5.74, 6) is -2.24. The lowest BCUT2D eigenvalue weighted by Gasteiger charge is -2.31. The molecule has 0 radical (unpaired) electrons. The van der Waals surface area contributed by atoms with Crippen molar-refractivity contribution in [1.29, 1.82) is 0 Å². The zero-order valence-electron chi connectivity index (χ0n) is 37.5. The number of anilines is 1. The third-order valence-electron chi connectivity index (χ3n) is 11.5. The van der Waals surface area contributed by atoms with Crippen LogP contribution in [0.1, 0.15) is 86.6 Å². The van der Waals surface area contributed by atoms with Crippen LogP contribution in [0.15, 0.2) is 83.9 Å². The molecule has 16 nitrogen and oxygen atoms in total. The summed E-state index contributed by atoms with van der Waals surface area (Å²) in [6.45, 7) is 10.2. The van der Waals surface area contributed by atoms with Gasteiger partial charge in [0.2, 0.25) is 5.91 Å². The fourth-order valence-electron chi connectivity index (χ4n) is 7.93. The fraction of sp³-hybridized carbons (Fsp3) is 0.333. The molecule has 2 amide bonds. The summed E-state index contributed by atoms with van der Waals surface area (Å²) in [5.41, 5.74) is 2.83. The summed E-state index contributed by atoms with van der Waals surface area (Å²) in [6, 6.07) is 15.8. The van der Waals surface area contributed by atoms with Gasteiger partial charge in [0.05, 0.1) is 22.3 Å². The SMILES string of the molecule is CC(C)Nc1cc(-c2c[nH]c(C(=O)N[C@H](COC(=O)C(C)NC(=O)C3CCN(Cc4ccc(-n5c(-c6cc(C(C)C)c(O)cc6O)n[nH]c5=O)cc4F)CC3)c3cccc(Cl)c3)c2)c(Cl)cn1. The Bertz CT molecular complexity index is 2840. The Labute approximate surface area is 395 Å². The second-order valence-corrected chi connectivity index (χ2v) is 18.0. The van der Waals surface area contributed by atoms with Gasteiger partial charge in [0, 0.05) is 58.7 Å². The van der Waals surface area contributed by atoms with Gasteiger partial charge < -0.3 is 35.9 Å². The Morgan fingerprint density at radius 2 is 1.70 bits per heavy atom. The number of phenolic OH excluding ortho intramolecular Hbond substituents is 2. The molecular formula is C48H52Cl2FN9O7. The highest BCUT2D eigenvalue weighted by Crippen LogP contribution is 2.38. The molecule has 3 aromatic carbocycles. The molecule has 1 unspecified atom stereocenters. The molecule has 352 valence electrons. The van der Waals surface area contributed by atoms with Gasteiger partial charge in [0.25, 0.3) is 5.91 Å². The number of amides is 2. The first-order valence-corrected chi connectivity index (χ1v) is 22.6. The number of nitrogens with one attached hydrogen (secondary N) is 5. The highest BCUT2D eigenvalue weighted by atomic mass is 35.5. The van der Waals surface area contributed by atoms with Crippen LogP contribution in [-0.2, 0) is 20.9 Å². The molecule has 6 aromatic rings. The van der Waals surface area contributed by atoms with E-state index in [4.69, 9.17) is 27.9 Å². The van der Waals surface area contributed by atoms with E-state index in [0.717, 1.165) is 4.57 Å². The number of carbonyl (C=O) groups excluding carboxylic acids is 3. The molecular weight excluding hydrogens is 904 g/mol. The normalized spacial score (nSPS) is 14.2. The van der Waals surface area contributed by atoms with Crippen molar-refractivity contribution in [2.75, 3.05) is 25.0 Å². The van der Waals surface area contributed by atoms with Gasteiger partial charge in [-0.3, -0.25) is 14.5 Å². The summed E-state index contributed by atoms with van der Waals surface area (Å²) >= 11 is 12.8. The number of rotatable bonds is 16. The molecule has 0 saturated carbocycles. The summed E-state index contributed by atoms with van der Waals surface area (Å²) in [7, 11) is 0. The van der Waals surface area contributed by atoms with Crippen molar-refractivity contribution in [2.24, 2.45) is 5.92 Å². The minimum absolute atomic E-state index is 0.0510. The molecule has 1 aliphatic rings. The third kappa shape index (κ3) is 11.5. The molecule has 1 fully saturated rings. The second-order valence-electron chi connectivity index (χ2n) is 17.2. The first-order chi connectivity index (χ1) is 31.9. The monoisotopic (exact) mass is 955 g/mol. The van der Waals surface area contributed by atoms with Gasteiger partial charge in [-0.05, 0) is 106 Å². The number of ether oxygens (including phenoxy) is 1. The maximum absolute atomic E-state index is 15.7. The average Bonchev–Trinajstić information content (AvgIpc) is 3.93. The molecule has 0 aliphatic carbocycles. The number of pyridine rings is 1. The van der Waals surface area contributed by atoms with Crippen molar-refractivity contribution in [3.63, 3.8) is 0 Å². The number of aromatic hydroxyl groups is 2. The van der Waals surface area contributed by atoms with Crippen molar-refractivity contribution in [3.05, 3.63) is 128 Å². The Morgan fingerprint density at radius 3 is 2.40 bits per heavy atom. The first-order valence-electron chi connectivity index (χ1n) is 21.8. The van der Waals surface area contributed by atoms with Gasteiger partial charge in [0.1, 0.15) is 41.5 Å². The Hall–Kier alpha value is -6.69. The van der Waals surface area contributed by atoms with Gasteiger partial charge in [-0.15, -0.1) is 0 Å². The Morgan fingerprint density at radius 1 is 0.940 bits per heavy atom. The number of phenols is 2. The largest absolute Gasteiger partial charge is 0.508 e. The highest BCUT2D eigenvalue weighted by Gasteiger charge is 2.29. The number of hydrogen-bond acceptors (Lipinski definition) is 11. The van der Waals surface area contributed by atoms with E-state index >= 15 is 4.39 Å². The van der Waals surface area contributed by atoms with E-state index in [9.17, 15) is 29.4 Å². The van der Waals surface area contributed by atoms with E-state index in [1.54, 1.807) is 67.0 Å². The molecule has 67 heavy (non-hydrogen) atoms. The van der Waals surface area contributed by atoms with Crippen molar-refractivity contribution in [3.8, 4) is 39.7 Å². The van der Waals surface area contributed by atoms with Crippen molar-refractivity contribution < 1.29 is 33.7 Å². The molecule has 4 heterocycles. The number of nitrogens with zero attached hydrogens (tertiary/aromatic N) is 4. The lowest BCUT2D eigenvalue weighted by molar-refractivity contribution is -0.148. The van der Waals surface area contributed by atoms with E-state index in [2.05, 4.69) is 36.1 Å². The van der Waals surface area contributed by atoms with Gasteiger partial charge in [-0.25, -0.2) is 28.6 Å². The van der Waals surface area contributed by atoms with Crippen LogP contribution in [-0.4, -0.2) is 89.4 Å². The Kier molecular flexibility index (Phi) is 15.0. The van der Waals surface area contributed by atoms with Crippen molar-refractivity contribution >= 4 is 46.8 Å². The maximum atomic E-state index is 15.7. The van der Waals surface area contributed by atoms with Crippen LogP contribution in [0.2, 0.25) is 10.0 Å². The van der Waals surface area contributed by atoms with Gasteiger partial charge in [0.15, 0.2) is 5.82 Å². The summed E-state index contributed by atoms with van der Waals surface area (Å²) in [6.07, 6.45) is 4.13. The third-order valence-corrected chi connectivity index (χ3v) is 12.1. The number of likely N-dealkylation sites (tertiary alicyclic amines) is 1. The number of aromatic amines is 2. The average molecular weight is 957 g/mol. The van der Waals surface area contributed by atoms with E-state index in [-0.39, 0.29) is 65.3 Å². The predicted molar refractivity (Wildman–Crippen MR) is 253 cm³/mol. The number of hydrogen-bond donors (Lipinski definition) is 7. The van der Waals surface area contributed by atoms with E-state index in [0.29, 0.717) is 69.6 Å². The van der Waals surface area contributed by atoms with Crippen LogP contribution in [0.5, 0.6) is 11.5 Å². The zero-order chi connectivity index (χ0) is 48.1. The quantitative estimate of drug-likeness (QED) is 0.0463. The minimum Gasteiger partial charge on any atom is -0.508 e. The zero-order valence-corrected chi connectivity index (χ0v) is 39.0. The lowest BCUT2D eigenvalue weighted by Crippen LogP contribution is -2.46. The van der Waals surface area contributed by atoms with Gasteiger partial charge in [-0.2, -0.15) is 5.10 Å².